The Kier molecular flexibility index (Phi) is 4.75. The van der Waals surface area contributed by atoms with Gasteiger partial charge < -0.3 is 9.32 Å². The van der Waals surface area contributed by atoms with Crippen molar-refractivity contribution in [2.75, 3.05) is 13.1 Å². The van der Waals surface area contributed by atoms with Gasteiger partial charge in [-0.25, -0.2) is 0 Å². The monoisotopic (exact) mass is 323 g/mol. The van der Waals surface area contributed by atoms with Crippen LogP contribution in [0.2, 0.25) is 0 Å². The van der Waals surface area contributed by atoms with E-state index < -0.39 is 0 Å². The molecule has 1 aliphatic heterocycles. The first-order chi connectivity index (χ1) is 11.8. The van der Waals surface area contributed by atoms with Gasteiger partial charge in [-0.05, 0) is 75.3 Å². The van der Waals surface area contributed by atoms with Crippen LogP contribution >= 0.6 is 0 Å². The Labute approximate surface area is 145 Å². The second-order valence-corrected chi connectivity index (χ2v) is 7.57. The molecule has 1 aromatic heterocycles. The molecule has 0 N–H and O–H groups in total. The first-order valence-electron chi connectivity index (χ1n) is 9.75. The fourth-order valence-corrected chi connectivity index (χ4v) is 4.26. The van der Waals surface area contributed by atoms with Crippen LogP contribution in [0.5, 0.6) is 0 Å². The van der Waals surface area contributed by atoms with Crippen molar-refractivity contribution in [2.45, 2.75) is 64.3 Å². The van der Waals surface area contributed by atoms with Gasteiger partial charge in [-0.1, -0.05) is 24.6 Å². The highest BCUT2D eigenvalue weighted by atomic mass is 16.3. The number of hydrogen-bond acceptors (Lipinski definition) is 2. The van der Waals surface area contributed by atoms with E-state index in [9.17, 15) is 0 Å². The minimum Gasteiger partial charge on any atom is -0.461 e. The molecule has 1 atom stereocenters. The normalized spacial score (nSPS) is 22.7. The Bertz CT molecular complexity index is 727. The zero-order valence-electron chi connectivity index (χ0n) is 14.9. The average Bonchev–Trinajstić information content (AvgIpc) is 3.08. The third kappa shape index (κ3) is 3.44. The lowest BCUT2D eigenvalue weighted by molar-refractivity contribution is 0.266. The fourth-order valence-electron chi connectivity index (χ4n) is 4.26. The van der Waals surface area contributed by atoms with Crippen LogP contribution in [0, 0.1) is 0 Å². The van der Waals surface area contributed by atoms with Crippen molar-refractivity contribution in [3.8, 4) is 0 Å². The average molecular weight is 323 g/mol. The number of allylic oxidation sites excluding steroid dienone is 2. The van der Waals surface area contributed by atoms with E-state index in [4.69, 9.17) is 4.42 Å². The number of benzene rings is 1. The molecule has 1 aliphatic carbocycles. The van der Waals surface area contributed by atoms with E-state index in [0.29, 0.717) is 0 Å². The molecule has 128 valence electrons. The minimum atomic E-state index is 0.739. The van der Waals surface area contributed by atoms with E-state index in [0.717, 1.165) is 30.4 Å². The fraction of sp³-hybridized carbons (Fsp3) is 0.545. The van der Waals surface area contributed by atoms with Gasteiger partial charge in [0.05, 0.1) is 0 Å². The van der Waals surface area contributed by atoms with Gasteiger partial charge in [0, 0.05) is 24.4 Å². The number of rotatable bonds is 4. The third-order valence-corrected chi connectivity index (χ3v) is 5.82. The topological polar surface area (TPSA) is 16.4 Å². The molecule has 0 amide bonds. The quantitative estimate of drug-likeness (QED) is 0.706. The highest BCUT2D eigenvalue weighted by molar-refractivity contribution is 5.82. The smallest absolute Gasteiger partial charge is 0.134 e. The summed E-state index contributed by atoms with van der Waals surface area (Å²) in [5.74, 6) is 1.14. The van der Waals surface area contributed by atoms with Crippen LogP contribution in [0.25, 0.3) is 16.5 Å². The lowest BCUT2D eigenvalue weighted by Crippen LogP contribution is -2.28. The molecular weight excluding hydrogens is 294 g/mol. The second-order valence-electron chi connectivity index (χ2n) is 7.57. The van der Waals surface area contributed by atoms with Gasteiger partial charge in [-0.3, -0.25) is 0 Å². The minimum absolute atomic E-state index is 0.739. The van der Waals surface area contributed by atoms with Crippen LogP contribution < -0.4 is 0 Å². The standard InChI is InChI=1S/C22H29NO/c1-17-7-6-13-23(17)14-12-21-15-20-11-10-19(16-22(20)24-21)18-8-4-2-3-5-9-18/h8,10-11,15-17H,2-7,9,12-14H2,1H3/t17-/m1/s1. The zero-order valence-corrected chi connectivity index (χ0v) is 14.9. The second kappa shape index (κ2) is 7.14. The Morgan fingerprint density at radius 1 is 1.12 bits per heavy atom. The molecule has 0 spiro atoms. The van der Waals surface area contributed by atoms with Gasteiger partial charge in [0.15, 0.2) is 0 Å². The van der Waals surface area contributed by atoms with Crippen molar-refractivity contribution in [3.63, 3.8) is 0 Å². The van der Waals surface area contributed by atoms with Crippen LogP contribution in [-0.2, 0) is 6.42 Å². The molecule has 1 aromatic carbocycles. The molecule has 2 heteroatoms. The number of likely N-dealkylation sites (tertiary alicyclic amines) is 1. The summed E-state index contributed by atoms with van der Waals surface area (Å²) in [5.41, 5.74) is 3.93. The molecule has 4 rings (SSSR count). The molecule has 0 saturated carbocycles. The van der Waals surface area contributed by atoms with Crippen molar-refractivity contribution in [1.29, 1.82) is 0 Å². The largest absolute Gasteiger partial charge is 0.461 e. The molecule has 2 aromatic rings. The van der Waals surface area contributed by atoms with E-state index in [-0.39, 0.29) is 0 Å². The molecule has 24 heavy (non-hydrogen) atoms. The summed E-state index contributed by atoms with van der Waals surface area (Å²) in [7, 11) is 0. The Hall–Kier alpha value is -1.54. The third-order valence-electron chi connectivity index (χ3n) is 5.82. The maximum absolute atomic E-state index is 6.17. The first kappa shape index (κ1) is 16.0. The summed E-state index contributed by atoms with van der Waals surface area (Å²) in [6.07, 6.45) is 12.6. The van der Waals surface area contributed by atoms with Crippen molar-refractivity contribution in [1.82, 2.24) is 4.90 Å². The highest BCUT2D eigenvalue weighted by Crippen LogP contribution is 2.30. The number of hydrogen-bond donors (Lipinski definition) is 0. The Morgan fingerprint density at radius 2 is 2.08 bits per heavy atom. The van der Waals surface area contributed by atoms with E-state index in [1.807, 2.05) is 0 Å². The van der Waals surface area contributed by atoms with Gasteiger partial charge in [0.1, 0.15) is 11.3 Å². The van der Waals surface area contributed by atoms with Crippen molar-refractivity contribution in [3.05, 3.63) is 41.7 Å². The summed E-state index contributed by atoms with van der Waals surface area (Å²) in [6.45, 7) is 4.72. The predicted octanol–water partition coefficient (Wildman–Crippen LogP) is 5.81. The Balaban J connectivity index is 1.49. The summed E-state index contributed by atoms with van der Waals surface area (Å²) >= 11 is 0. The van der Waals surface area contributed by atoms with E-state index >= 15 is 0 Å². The first-order valence-corrected chi connectivity index (χ1v) is 9.75. The summed E-state index contributed by atoms with van der Waals surface area (Å²) in [4.78, 5) is 2.59. The highest BCUT2D eigenvalue weighted by Gasteiger charge is 2.20. The van der Waals surface area contributed by atoms with Gasteiger partial charge in [-0.2, -0.15) is 0 Å². The number of fused-ring (bicyclic) bond motifs is 1. The lowest BCUT2D eigenvalue weighted by Gasteiger charge is -2.19. The van der Waals surface area contributed by atoms with Crippen LogP contribution in [0.15, 0.2) is 34.8 Å². The molecule has 1 saturated heterocycles. The van der Waals surface area contributed by atoms with Crippen molar-refractivity contribution >= 4 is 16.5 Å². The van der Waals surface area contributed by atoms with E-state index in [1.54, 1.807) is 0 Å². The maximum Gasteiger partial charge on any atom is 0.134 e. The molecule has 2 heterocycles. The predicted molar refractivity (Wildman–Crippen MR) is 101 cm³/mol. The summed E-state index contributed by atoms with van der Waals surface area (Å²) in [6, 6.07) is 9.75. The molecule has 0 radical (unpaired) electrons. The molecule has 1 fully saturated rings. The number of furan rings is 1. The SMILES string of the molecule is C[C@@H]1CCCN1CCc1cc2ccc(C3=CCCCCC3)cc2o1. The zero-order chi connectivity index (χ0) is 16.4. The van der Waals surface area contributed by atoms with Crippen molar-refractivity contribution in [2.24, 2.45) is 0 Å². The molecule has 2 aliphatic rings. The van der Waals surface area contributed by atoms with E-state index in [2.05, 4.69) is 42.2 Å². The van der Waals surface area contributed by atoms with Crippen molar-refractivity contribution < 1.29 is 4.42 Å². The van der Waals surface area contributed by atoms with Gasteiger partial charge in [-0.15, -0.1) is 0 Å². The summed E-state index contributed by atoms with van der Waals surface area (Å²) < 4.78 is 6.17. The lowest BCUT2D eigenvalue weighted by atomic mass is 10.0. The maximum atomic E-state index is 6.17. The summed E-state index contributed by atoms with van der Waals surface area (Å²) in [5, 5.41) is 1.25. The van der Waals surface area contributed by atoms with Crippen LogP contribution in [0.4, 0.5) is 0 Å². The van der Waals surface area contributed by atoms with Gasteiger partial charge >= 0.3 is 0 Å². The Morgan fingerprint density at radius 3 is 2.96 bits per heavy atom. The molecule has 0 unspecified atom stereocenters. The van der Waals surface area contributed by atoms with Crippen LogP contribution in [0.1, 0.15) is 63.2 Å². The van der Waals surface area contributed by atoms with E-state index in [1.165, 1.54) is 68.0 Å². The molecule has 2 nitrogen and oxygen atoms in total. The molecule has 0 bridgehead atoms. The van der Waals surface area contributed by atoms with Gasteiger partial charge in [0.25, 0.3) is 0 Å². The van der Waals surface area contributed by atoms with Gasteiger partial charge in [0.2, 0.25) is 0 Å². The number of nitrogens with zero attached hydrogens (tertiary/aromatic N) is 1. The van der Waals surface area contributed by atoms with Crippen LogP contribution in [0.3, 0.4) is 0 Å². The molecular formula is C22H29NO. The van der Waals surface area contributed by atoms with Crippen LogP contribution in [-0.4, -0.2) is 24.0 Å².